The van der Waals surface area contributed by atoms with E-state index in [2.05, 4.69) is 10.0 Å². The molecule has 0 unspecified atom stereocenters. The molecule has 3 rings (SSSR count). The van der Waals surface area contributed by atoms with E-state index >= 15 is 0 Å². The van der Waals surface area contributed by atoms with E-state index in [1.807, 2.05) is 0 Å². The number of carbonyl (C=O) groups excluding carboxylic acids is 2. The molecule has 3 aromatic carbocycles. The highest BCUT2D eigenvalue weighted by atomic mass is 32.2. The monoisotopic (exact) mass is 424 g/mol. The third-order valence-electron chi connectivity index (χ3n) is 4.32. The molecule has 8 heteroatoms. The fourth-order valence-electron chi connectivity index (χ4n) is 2.65. The Morgan fingerprint density at radius 3 is 1.83 bits per heavy atom. The van der Waals surface area contributed by atoms with Crippen LogP contribution in [0.4, 0.5) is 11.4 Å². The molecule has 0 aliphatic rings. The van der Waals surface area contributed by atoms with Crippen molar-refractivity contribution in [3.8, 4) is 5.75 Å². The highest BCUT2D eigenvalue weighted by Gasteiger charge is 2.15. The number of methoxy groups -OCH3 is 1. The Balaban J connectivity index is 1.68. The van der Waals surface area contributed by atoms with Crippen LogP contribution in [-0.2, 0) is 10.0 Å². The molecule has 154 valence electrons. The van der Waals surface area contributed by atoms with Crippen molar-refractivity contribution in [2.75, 3.05) is 17.1 Å². The summed E-state index contributed by atoms with van der Waals surface area (Å²) in [4.78, 5) is 23.7. The van der Waals surface area contributed by atoms with Crippen molar-refractivity contribution in [2.24, 2.45) is 0 Å². The molecule has 3 aromatic rings. The summed E-state index contributed by atoms with van der Waals surface area (Å²) in [7, 11) is -2.26. The Morgan fingerprint density at radius 2 is 1.30 bits per heavy atom. The van der Waals surface area contributed by atoms with Crippen LogP contribution in [0.1, 0.15) is 27.6 Å². The number of amides is 1. The van der Waals surface area contributed by atoms with Crippen molar-refractivity contribution in [3.63, 3.8) is 0 Å². The zero-order valence-electron chi connectivity index (χ0n) is 16.4. The van der Waals surface area contributed by atoms with E-state index < -0.39 is 10.0 Å². The van der Waals surface area contributed by atoms with Gasteiger partial charge in [0.1, 0.15) is 5.75 Å². The molecule has 0 saturated heterocycles. The molecule has 0 heterocycles. The van der Waals surface area contributed by atoms with Gasteiger partial charge in [-0.15, -0.1) is 0 Å². The van der Waals surface area contributed by atoms with E-state index in [4.69, 9.17) is 4.74 Å². The van der Waals surface area contributed by atoms with Gasteiger partial charge in [0, 0.05) is 22.5 Å². The minimum atomic E-state index is -3.82. The molecule has 0 aliphatic carbocycles. The molecule has 0 aliphatic heterocycles. The molecule has 0 aromatic heterocycles. The van der Waals surface area contributed by atoms with E-state index in [1.165, 1.54) is 55.5 Å². The summed E-state index contributed by atoms with van der Waals surface area (Å²) in [6.07, 6.45) is 0. The fourth-order valence-corrected chi connectivity index (χ4v) is 3.71. The predicted molar refractivity (Wildman–Crippen MR) is 115 cm³/mol. The predicted octanol–water partition coefficient (Wildman–Crippen LogP) is 3.95. The minimum absolute atomic E-state index is 0.0359. The second-order valence-electron chi connectivity index (χ2n) is 6.45. The number of carbonyl (C=O) groups is 2. The van der Waals surface area contributed by atoms with Crippen LogP contribution in [0.3, 0.4) is 0 Å². The molecule has 0 spiro atoms. The van der Waals surface area contributed by atoms with Gasteiger partial charge in [-0.25, -0.2) is 8.42 Å². The molecule has 0 radical (unpaired) electrons. The maximum Gasteiger partial charge on any atom is 0.261 e. The van der Waals surface area contributed by atoms with Gasteiger partial charge in [0.05, 0.1) is 12.0 Å². The van der Waals surface area contributed by atoms with Gasteiger partial charge in [-0.2, -0.15) is 0 Å². The second-order valence-corrected chi connectivity index (χ2v) is 8.13. The van der Waals surface area contributed by atoms with Gasteiger partial charge in [-0.3, -0.25) is 14.3 Å². The van der Waals surface area contributed by atoms with Crippen molar-refractivity contribution in [2.45, 2.75) is 11.8 Å². The second kappa shape index (κ2) is 8.79. The molecule has 0 fully saturated rings. The molecule has 7 nitrogen and oxygen atoms in total. The SMILES string of the molecule is COc1ccc(NC(=O)c2ccc(NS(=O)(=O)c3ccc(C(C)=O)cc3)cc2)cc1. The first kappa shape index (κ1) is 21.1. The summed E-state index contributed by atoms with van der Waals surface area (Å²) in [5, 5.41) is 2.76. The van der Waals surface area contributed by atoms with Gasteiger partial charge in [-0.1, -0.05) is 12.1 Å². The molecule has 30 heavy (non-hydrogen) atoms. The third kappa shape index (κ3) is 5.03. The summed E-state index contributed by atoms with van der Waals surface area (Å²) < 4.78 is 32.5. The van der Waals surface area contributed by atoms with Crippen LogP contribution in [0.5, 0.6) is 5.75 Å². The number of Topliss-reactive ketones (excluding diaryl/α,β-unsaturated/α-hetero) is 1. The molecule has 2 N–H and O–H groups in total. The number of benzene rings is 3. The van der Waals surface area contributed by atoms with Crippen LogP contribution in [0.25, 0.3) is 0 Å². The number of hydrogen-bond donors (Lipinski definition) is 2. The lowest BCUT2D eigenvalue weighted by atomic mass is 10.2. The van der Waals surface area contributed by atoms with Crippen LogP contribution in [0.15, 0.2) is 77.7 Å². The molecule has 0 saturated carbocycles. The first-order valence-corrected chi connectivity index (χ1v) is 10.5. The number of sulfonamides is 1. The molecule has 0 atom stereocenters. The summed E-state index contributed by atoms with van der Waals surface area (Å²) in [5.74, 6) is 0.213. The maximum atomic E-state index is 12.5. The van der Waals surface area contributed by atoms with E-state index in [1.54, 1.807) is 31.4 Å². The van der Waals surface area contributed by atoms with Crippen molar-refractivity contribution >= 4 is 33.1 Å². The van der Waals surface area contributed by atoms with Crippen LogP contribution >= 0.6 is 0 Å². The van der Waals surface area contributed by atoms with Gasteiger partial charge in [0.15, 0.2) is 5.78 Å². The normalized spacial score (nSPS) is 10.9. The van der Waals surface area contributed by atoms with Gasteiger partial charge in [0.25, 0.3) is 15.9 Å². The highest BCUT2D eigenvalue weighted by Crippen LogP contribution is 2.19. The molecular weight excluding hydrogens is 404 g/mol. The van der Waals surface area contributed by atoms with Crippen LogP contribution in [0, 0.1) is 0 Å². The summed E-state index contributed by atoms with van der Waals surface area (Å²) >= 11 is 0. The lowest BCUT2D eigenvalue weighted by Gasteiger charge is -2.10. The summed E-state index contributed by atoms with van der Waals surface area (Å²) in [6, 6.07) is 18.6. The largest absolute Gasteiger partial charge is 0.497 e. The molecular formula is C22H20N2O5S. The standard InChI is InChI=1S/C22H20N2O5S/c1-15(25)16-5-13-21(14-6-16)30(27,28)24-19-7-3-17(4-8-19)22(26)23-18-9-11-20(29-2)12-10-18/h3-14,24H,1-2H3,(H,23,26). The number of nitrogens with one attached hydrogen (secondary N) is 2. The van der Waals surface area contributed by atoms with Gasteiger partial charge in [0.2, 0.25) is 0 Å². The quantitative estimate of drug-likeness (QED) is 0.559. The van der Waals surface area contributed by atoms with E-state index in [-0.39, 0.29) is 16.6 Å². The van der Waals surface area contributed by atoms with Gasteiger partial charge >= 0.3 is 0 Å². The lowest BCUT2D eigenvalue weighted by molar-refractivity contribution is 0.101. The lowest BCUT2D eigenvalue weighted by Crippen LogP contribution is -2.14. The Kier molecular flexibility index (Phi) is 6.17. The smallest absolute Gasteiger partial charge is 0.261 e. The van der Waals surface area contributed by atoms with Crippen LogP contribution in [0.2, 0.25) is 0 Å². The summed E-state index contributed by atoms with van der Waals surface area (Å²) in [6.45, 7) is 1.41. The van der Waals surface area contributed by atoms with Gasteiger partial charge in [-0.05, 0) is 67.6 Å². The van der Waals surface area contributed by atoms with Crippen molar-refractivity contribution in [1.82, 2.24) is 0 Å². The molecule has 1 amide bonds. The van der Waals surface area contributed by atoms with Crippen molar-refractivity contribution in [1.29, 1.82) is 0 Å². The number of anilines is 2. The van der Waals surface area contributed by atoms with Crippen LogP contribution in [-0.4, -0.2) is 27.2 Å². The number of rotatable bonds is 7. The number of ketones is 1. The Morgan fingerprint density at radius 1 is 0.767 bits per heavy atom. The topological polar surface area (TPSA) is 102 Å². The Hall–Kier alpha value is -3.65. The Bertz CT molecular complexity index is 1150. The third-order valence-corrected chi connectivity index (χ3v) is 5.72. The number of hydrogen-bond acceptors (Lipinski definition) is 5. The summed E-state index contributed by atoms with van der Waals surface area (Å²) in [5.41, 5.74) is 1.73. The van der Waals surface area contributed by atoms with E-state index in [0.29, 0.717) is 28.3 Å². The van der Waals surface area contributed by atoms with Crippen molar-refractivity contribution in [3.05, 3.63) is 83.9 Å². The van der Waals surface area contributed by atoms with E-state index in [9.17, 15) is 18.0 Å². The maximum absolute atomic E-state index is 12.5. The average molecular weight is 424 g/mol. The van der Waals surface area contributed by atoms with Crippen LogP contribution < -0.4 is 14.8 Å². The average Bonchev–Trinajstić information content (AvgIpc) is 2.74. The first-order chi connectivity index (χ1) is 14.3. The Labute approximate surface area is 174 Å². The van der Waals surface area contributed by atoms with Crippen molar-refractivity contribution < 1.29 is 22.7 Å². The molecule has 0 bridgehead atoms. The fraction of sp³-hybridized carbons (Fsp3) is 0.0909. The van der Waals surface area contributed by atoms with Gasteiger partial charge < -0.3 is 10.1 Å². The zero-order valence-corrected chi connectivity index (χ0v) is 17.2. The highest BCUT2D eigenvalue weighted by molar-refractivity contribution is 7.92. The first-order valence-electron chi connectivity index (χ1n) is 8.98. The number of ether oxygens (including phenoxy) is 1. The van der Waals surface area contributed by atoms with E-state index in [0.717, 1.165) is 0 Å². The minimum Gasteiger partial charge on any atom is -0.497 e. The zero-order chi connectivity index (χ0) is 21.7.